The molecule has 1 aliphatic carbocycles. The van der Waals surface area contributed by atoms with E-state index in [0.717, 1.165) is 25.7 Å². The molecule has 0 aromatic rings. The van der Waals surface area contributed by atoms with Crippen molar-refractivity contribution >= 4 is 11.8 Å². The first-order valence-electron chi connectivity index (χ1n) is 10.3. The van der Waals surface area contributed by atoms with Gasteiger partial charge in [0, 0.05) is 12.3 Å². The van der Waals surface area contributed by atoms with Gasteiger partial charge in [0.1, 0.15) is 0 Å². The number of hydrogen-bond donors (Lipinski definition) is 3. The molecule has 5 heteroatoms. The van der Waals surface area contributed by atoms with Crippen LogP contribution in [-0.2, 0) is 9.59 Å². The van der Waals surface area contributed by atoms with Crippen LogP contribution in [0.2, 0.25) is 0 Å². The van der Waals surface area contributed by atoms with Gasteiger partial charge in [0.05, 0.1) is 18.1 Å². The summed E-state index contributed by atoms with van der Waals surface area (Å²) in [6.45, 7) is 4.30. The van der Waals surface area contributed by atoms with Crippen molar-refractivity contribution in [2.24, 2.45) is 17.8 Å². The zero-order chi connectivity index (χ0) is 20.2. The van der Waals surface area contributed by atoms with Crippen LogP contribution in [0.25, 0.3) is 0 Å². The topological polar surface area (TPSA) is 94.8 Å². The molecular weight excluding hydrogens is 344 g/mol. The Labute approximate surface area is 163 Å². The van der Waals surface area contributed by atoms with Crippen molar-refractivity contribution in [3.05, 3.63) is 24.3 Å². The fraction of sp³-hybridized carbons (Fsp3) is 0.727. The maximum Gasteiger partial charge on any atom is 0.303 e. The summed E-state index contributed by atoms with van der Waals surface area (Å²) in [5, 5.41) is 29.3. The van der Waals surface area contributed by atoms with E-state index in [9.17, 15) is 19.8 Å². The molecule has 5 nitrogen and oxygen atoms in total. The molecule has 5 unspecified atom stereocenters. The molecule has 1 rings (SSSR count). The van der Waals surface area contributed by atoms with Gasteiger partial charge in [-0.3, -0.25) is 9.59 Å². The fourth-order valence-corrected chi connectivity index (χ4v) is 3.66. The lowest BCUT2D eigenvalue weighted by atomic mass is 9.86. The molecule has 0 saturated heterocycles. The van der Waals surface area contributed by atoms with Crippen LogP contribution >= 0.6 is 0 Å². The fourth-order valence-electron chi connectivity index (χ4n) is 3.66. The number of carbonyl (C=O) groups is 2. The number of allylic oxidation sites excluding steroid dienone is 3. The average Bonchev–Trinajstić information content (AvgIpc) is 2.98. The normalized spacial score (nSPS) is 23.0. The highest BCUT2D eigenvalue weighted by Gasteiger charge is 2.34. The van der Waals surface area contributed by atoms with E-state index in [0.29, 0.717) is 31.6 Å². The number of carboxylic acid groups (broad SMARTS) is 1. The van der Waals surface area contributed by atoms with Crippen molar-refractivity contribution in [1.82, 2.24) is 0 Å². The number of hydrogen-bond acceptors (Lipinski definition) is 4. The summed E-state index contributed by atoms with van der Waals surface area (Å²) in [6.07, 6.45) is 12.4. The standard InChI is InChI=1S/C22H36O5/c1-3-4-8-16(2)15-18(23)13-11-17-12-14-20(25)22(17)19(24)9-6-5-7-10-21(26)27/h11-14,16-19,22-24H,3-10,15H2,1-2H3,(H,26,27). The first-order chi connectivity index (χ1) is 12.8. The van der Waals surface area contributed by atoms with Crippen LogP contribution in [0, 0.1) is 17.8 Å². The molecule has 0 saturated carbocycles. The minimum atomic E-state index is -0.807. The van der Waals surface area contributed by atoms with Gasteiger partial charge in [-0.2, -0.15) is 0 Å². The van der Waals surface area contributed by atoms with Crippen LogP contribution in [0.4, 0.5) is 0 Å². The predicted octanol–water partition coefficient (Wildman–Crippen LogP) is 3.89. The smallest absolute Gasteiger partial charge is 0.303 e. The number of carboxylic acids is 1. The van der Waals surface area contributed by atoms with Crippen molar-refractivity contribution in [1.29, 1.82) is 0 Å². The van der Waals surface area contributed by atoms with Crippen molar-refractivity contribution < 1.29 is 24.9 Å². The molecule has 0 aromatic heterocycles. The van der Waals surface area contributed by atoms with E-state index >= 15 is 0 Å². The summed E-state index contributed by atoms with van der Waals surface area (Å²) >= 11 is 0. The predicted molar refractivity (Wildman–Crippen MR) is 106 cm³/mol. The largest absolute Gasteiger partial charge is 0.481 e. The summed E-state index contributed by atoms with van der Waals surface area (Å²) in [4.78, 5) is 22.6. The van der Waals surface area contributed by atoms with Gasteiger partial charge in [-0.05, 0) is 31.3 Å². The molecule has 5 atom stereocenters. The molecule has 1 aliphatic rings. The average molecular weight is 381 g/mol. The molecule has 0 aliphatic heterocycles. The highest BCUT2D eigenvalue weighted by Crippen LogP contribution is 2.29. The molecule has 3 N–H and O–H groups in total. The molecule has 0 aromatic carbocycles. The third kappa shape index (κ3) is 9.34. The number of aliphatic carboxylic acids is 1. The van der Waals surface area contributed by atoms with E-state index in [1.54, 1.807) is 12.2 Å². The van der Waals surface area contributed by atoms with Crippen molar-refractivity contribution in [3.63, 3.8) is 0 Å². The number of aliphatic hydroxyl groups is 2. The molecule has 0 radical (unpaired) electrons. The zero-order valence-corrected chi connectivity index (χ0v) is 16.7. The Morgan fingerprint density at radius 3 is 2.59 bits per heavy atom. The Morgan fingerprint density at radius 2 is 1.93 bits per heavy atom. The molecule has 0 fully saturated rings. The van der Waals surface area contributed by atoms with Crippen LogP contribution in [-0.4, -0.2) is 39.3 Å². The van der Waals surface area contributed by atoms with E-state index in [4.69, 9.17) is 5.11 Å². The number of aliphatic hydroxyl groups excluding tert-OH is 2. The van der Waals surface area contributed by atoms with Crippen molar-refractivity contribution in [2.45, 2.75) is 83.8 Å². The second-order valence-corrected chi connectivity index (χ2v) is 7.86. The number of rotatable bonds is 14. The van der Waals surface area contributed by atoms with Gasteiger partial charge in [-0.1, -0.05) is 64.2 Å². The van der Waals surface area contributed by atoms with E-state index in [1.165, 1.54) is 6.08 Å². The van der Waals surface area contributed by atoms with Gasteiger partial charge in [0.15, 0.2) is 5.78 Å². The summed E-state index contributed by atoms with van der Waals surface area (Å²) in [6, 6.07) is 0. The summed E-state index contributed by atoms with van der Waals surface area (Å²) in [5.41, 5.74) is 0. The SMILES string of the molecule is CCCCC(C)CC(O)C=CC1C=CC(=O)C1C(O)CCCCCC(=O)O. The van der Waals surface area contributed by atoms with Gasteiger partial charge < -0.3 is 15.3 Å². The number of carbonyl (C=O) groups excluding carboxylic acids is 1. The molecule has 0 bridgehead atoms. The minimum Gasteiger partial charge on any atom is -0.481 e. The van der Waals surface area contributed by atoms with E-state index in [2.05, 4.69) is 13.8 Å². The van der Waals surface area contributed by atoms with E-state index < -0.39 is 24.1 Å². The van der Waals surface area contributed by atoms with Crippen LogP contribution in [0.15, 0.2) is 24.3 Å². The number of unbranched alkanes of at least 4 members (excludes halogenated alkanes) is 3. The highest BCUT2D eigenvalue weighted by atomic mass is 16.4. The third-order valence-corrected chi connectivity index (χ3v) is 5.28. The van der Waals surface area contributed by atoms with Crippen LogP contribution in [0.5, 0.6) is 0 Å². The lowest BCUT2D eigenvalue weighted by Gasteiger charge is -2.22. The third-order valence-electron chi connectivity index (χ3n) is 5.28. The first-order valence-corrected chi connectivity index (χ1v) is 10.3. The maximum atomic E-state index is 12.1. The Morgan fingerprint density at radius 1 is 1.19 bits per heavy atom. The van der Waals surface area contributed by atoms with Gasteiger partial charge in [-0.15, -0.1) is 0 Å². The van der Waals surface area contributed by atoms with Gasteiger partial charge in [0.2, 0.25) is 0 Å². The Hall–Kier alpha value is -1.46. The van der Waals surface area contributed by atoms with Crippen molar-refractivity contribution in [3.8, 4) is 0 Å². The molecule has 0 amide bonds. The lowest BCUT2D eigenvalue weighted by Crippen LogP contribution is -2.29. The highest BCUT2D eigenvalue weighted by molar-refractivity contribution is 5.95. The Bertz CT molecular complexity index is 511. The minimum absolute atomic E-state index is 0.0755. The van der Waals surface area contributed by atoms with Crippen LogP contribution in [0.3, 0.4) is 0 Å². The second kappa shape index (κ2) is 12.8. The molecule has 27 heavy (non-hydrogen) atoms. The quantitative estimate of drug-likeness (QED) is 0.314. The van der Waals surface area contributed by atoms with Gasteiger partial charge in [0.25, 0.3) is 0 Å². The zero-order valence-electron chi connectivity index (χ0n) is 16.7. The van der Waals surface area contributed by atoms with Crippen LogP contribution in [0.1, 0.15) is 71.6 Å². The number of ketones is 1. The lowest BCUT2D eigenvalue weighted by molar-refractivity contribution is -0.137. The maximum absolute atomic E-state index is 12.1. The van der Waals surface area contributed by atoms with Crippen LogP contribution < -0.4 is 0 Å². The molecule has 0 spiro atoms. The first kappa shape index (κ1) is 23.6. The summed E-state index contributed by atoms with van der Waals surface area (Å²) < 4.78 is 0. The van der Waals surface area contributed by atoms with E-state index in [1.807, 2.05) is 6.08 Å². The van der Waals surface area contributed by atoms with E-state index in [-0.39, 0.29) is 18.1 Å². The molecular formula is C22H36O5. The molecule has 154 valence electrons. The van der Waals surface area contributed by atoms with Gasteiger partial charge >= 0.3 is 5.97 Å². The summed E-state index contributed by atoms with van der Waals surface area (Å²) in [5.74, 6) is -1.11. The van der Waals surface area contributed by atoms with Gasteiger partial charge in [-0.25, -0.2) is 0 Å². The van der Waals surface area contributed by atoms with Crippen molar-refractivity contribution in [2.75, 3.05) is 0 Å². The monoisotopic (exact) mass is 380 g/mol. The Kier molecular flexibility index (Phi) is 11.2. The molecule has 0 heterocycles. The summed E-state index contributed by atoms with van der Waals surface area (Å²) in [7, 11) is 0. The second-order valence-electron chi connectivity index (χ2n) is 7.86. The Balaban J connectivity index is 2.45.